The first-order chi connectivity index (χ1) is 7.27. The summed E-state index contributed by atoms with van der Waals surface area (Å²) in [5, 5.41) is 0. The van der Waals surface area contributed by atoms with Crippen molar-refractivity contribution in [1.29, 1.82) is 0 Å². The minimum absolute atomic E-state index is 0.0638. The second-order valence-electron chi connectivity index (χ2n) is 4.25. The van der Waals surface area contributed by atoms with Crippen molar-refractivity contribution in [2.75, 3.05) is 7.11 Å². The normalized spacial score (nSPS) is 17.9. The van der Waals surface area contributed by atoms with Gasteiger partial charge in [0.1, 0.15) is 0 Å². The summed E-state index contributed by atoms with van der Waals surface area (Å²) >= 11 is 0. The molecule has 0 amide bonds. The third-order valence-electron chi connectivity index (χ3n) is 3.41. The molecule has 1 aliphatic rings. The van der Waals surface area contributed by atoms with Crippen molar-refractivity contribution in [2.45, 2.75) is 31.1 Å². The molecule has 0 unspecified atom stereocenters. The van der Waals surface area contributed by atoms with E-state index in [9.17, 15) is 4.79 Å². The van der Waals surface area contributed by atoms with E-state index in [0.29, 0.717) is 6.42 Å². The Morgan fingerprint density at radius 1 is 1.33 bits per heavy atom. The summed E-state index contributed by atoms with van der Waals surface area (Å²) in [5.74, 6) is -0.0986. The zero-order valence-electron chi connectivity index (χ0n) is 9.03. The second kappa shape index (κ2) is 4.05. The van der Waals surface area contributed by atoms with Crippen molar-refractivity contribution in [2.24, 2.45) is 0 Å². The van der Waals surface area contributed by atoms with Crippen molar-refractivity contribution in [3.8, 4) is 0 Å². The maximum Gasteiger partial charge on any atom is 0.306 e. The molecule has 1 aromatic carbocycles. The molecule has 1 aliphatic carbocycles. The van der Waals surface area contributed by atoms with Gasteiger partial charge < -0.3 is 4.74 Å². The molecule has 0 aromatic heterocycles. The Hall–Kier alpha value is -1.31. The second-order valence-corrected chi connectivity index (χ2v) is 4.25. The molecule has 1 saturated carbocycles. The molecule has 2 nitrogen and oxygen atoms in total. The predicted octanol–water partition coefficient (Wildman–Crippen LogP) is 2.67. The molecule has 2 heteroatoms. The Labute approximate surface area is 90.3 Å². The first-order valence-electron chi connectivity index (χ1n) is 5.39. The molecular formula is C13H16O2. The van der Waals surface area contributed by atoms with Crippen molar-refractivity contribution in [3.63, 3.8) is 0 Å². The predicted molar refractivity (Wildman–Crippen MR) is 58.6 cm³/mol. The van der Waals surface area contributed by atoms with Gasteiger partial charge in [0.2, 0.25) is 0 Å². The highest BCUT2D eigenvalue weighted by Crippen LogP contribution is 2.46. The number of hydrogen-bond donors (Lipinski definition) is 0. The molecular weight excluding hydrogens is 188 g/mol. The van der Waals surface area contributed by atoms with Crippen LogP contribution >= 0.6 is 0 Å². The van der Waals surface area contributed by atoms with Crippen LogP contribution in [0.5, 0.6) is 0 Å². The van der Waals surface area contributed by atoms with Crippen molar-refractivity contribution in [1.82, 2.24) is 0 Å². The minimum atomic E-state index is -0.0986. The summed E-state index contributed by atoms with van der Waals surface area (Å²) < 4.78 is 4.76. The zero-order valence-corrected chi connectivity index (χ0v) is 9.03. The monoisotopic (exact) mass is 204 g/mol. The molecule has 15 heavy (non-hydrogen) atoms. The first-order valence-corrected chi connectivity index (χ1v) is 5.39. The number of ether oxygens (including phenoxy) is 1. The summed E-state index contributed by atoms with van der Waals surface area (Å²) in [5.41, 5.74) is 1.34. The van der Waals surface area contributed by atoms with Gasteiger partial charge in [-0.1, -0.05) is 36.8 Å². The maximum absolute atomic E-state index is 11.4. The van der Waals surface area contributed by atoms with Crippen molar-refractivity contribution >= 4 is 5.97 Å². The molecule has 1 aromatic rings. The average Bonchev–Trinajstić information content (AvgIpc) is 2.24. The summed E-state index contributed by atoms with van der Waals surface area (Å²) in [6.07, 6.45) is 3.94. The number of esters is 1. The Balaban J connectivity index is 2.19. The number of rotatable bonds is 3. The van der Waals surface area contributed by atoms with Crippen molar-refractivity contribution < 1.29 is 9.53 Å². The van der Waals surface area contributed by atoms with E-state index in [1.165, 1.54) is 19.1 Å². The molecule has 0 atom stereocenters. The van der Waals surface area contributed by atoms with Crippen LogP contribution in [-0.2, 0) is 14.9 Å². The minimum Gasteiger partial charge on any atom is -0.469 e. The Kier molecular flexibility index (Phi) is 2.76. The summed E-state index contributed by atoms with van der Waals surface area (Å²) in [4.78, 5) is 11.4. The van der Waals surface area contributed by atoms with E-state index >= 15 is 0 Å². The molecule has 0 saturated heterocycles. The largest absolute Gasteiger partial charge is 0.469 e. The van der Waals surface area contributed by atoms with Crippen LogP contribution in [0.3, 0.4) is 0 Å². The fourth-order valence-electron chi connectivity index (χ4n) is 2.31. The number of benzene rings is 1. The molecule has 0 bridgehead atoms. The van der Waals surface area contributed by atoms with E-state index in [2.05, 4.69) is 12.1 Å². The van der Waals surface area contributed by atoms with Gasteiger partial charge in [-0.05, 0) is 18.4 Å². The average molecular weight is 204 g/mol. The third kappa shape index (κ3) is 1.89. The van der Waals surface area contributed by atoms with E-state index in [0.717, 1.165) is 12.8 Å². The molecule has 2 rings (SSSR count). The van der Waals surface area contributed by atoms with Crippen LogP contribution in [-0.4, -0.2) is 13.1 Å². The van der Waals surface area contributed by atoms with Crippen LogP contribution in [0.1, 0.15) is 31.2 Å². The molecule has 0 heterocycles. The van der Waals surface area contributed by atoms with Gasteiger partial charge in [0, 0.05) is 5.41 Å². The topological polar surface area (TPSA) is 26.3 Å². The highest BCUT2D eigenvalue weighted by atomic mass is 16.5. The molecule has 0 aliphatic heterocycles. The summed E-state index contributed by atoms with van der Waals surface area (Å²) in [6, 6.07) is 10.3. The van der Waals surface area contributed by atoms with Gasteiger partial charge in [0.05, 0.1) is 13.5 Å². The standard InChI is InChI=1S/C13H16O2/c1-15-12(14)10-13(8-5-9-13)11-6-3-2-4-7-11/h2-4,6-7H,5,8-10H2,1H3. The summed E-state index contributed by atoms with van der Waals surface area (Å²) in [7, 11) is 1.46. The van der Waals surface area contributed by atoms with Gasteiger partial charge in [0.15, 0.2) is 0 Å². The van der Waals surface area contributed by atoms with Crippen LogP contribution in [0.15, 0.2) is 30.3 Å². The van der Waals surface area contributed by atoms with Crippen LogP contribution < -0.4 is 0 Å². The zero-order chi connectivity index (χ0) is 10.7. The SMILES string of the molecule is COC(=O)CC1(c2ccccc2)CCC1. The van der Waals surface area contributed by atoms with E-state index < -0.39 is 0 Å². The lowest BCUT2D eigenvalue weighted by molar-refractivity contribution is -0.143. The van der Waals surface area contributed by atoms with Gasteiger partial charge >= 0.3 is 5.97 Å². The maximum atomic E-state index is 11.4. The van der Waals surface area contributed by atoms with Gasteiger partial charge in [-0.15, -0.1) is 0 Å². The van der Waals surface area contributed by atoms with Crippen molar-refractivity contribution in [3.05, 3.63) is 35.9 Å². The van der Waals surface area contributed by atoms with Crippen LogP contribution in [0.2, 0.25) is 0 Å². The lowest BCUT2D eigenvalue weighted by Gasteiger charge is -2.41. The van der Waals surface area contributed by atoms with Crippen LogP contribution in [0, 0.1) is 0 Å². The molecule has 0 spiro atoms. The van der Waals surface area contributed by atoms with Gasteiger partial charge in [0.25, 0.3) is 0 Å². The molecule has 80 valence electrons. The Morgan fingerprint density at radius 3 is 2.47 bits per heavy atom. The van der Waals surface area contributed by atoms with E-state index in [1.807, 2.05) is 18.2 Å². The fourth-order valence-corrected chi connectivity index (χ4v) is 2.31. The highest BCUT2D eigenvalue weighted by molar-refractivity contribution is 5.71. The molecule has 0 N–H and O–H groups in total. The van der Waals surface area contributed by atoms with E-state index in [4.69, 9.17) is 4.74 Å². The van der Waals surface area contributed by atoms with Crippen LogP contribution in [0.25, 0.3) is 0 Å². The molecule has 0 radical (unpaired) electrons. The number of methoxy groups -OCH3 is 1. The van der Waals surface area contributed by atoms with E-state index in [1.54, 1.807) is 0 Å². The molecule has 1 fully saturated rings. The summed E-state index contributed by atoms with van der Waals surface area (Å²) in [6.45, 7) is 0. The van der Waals surface area contributed by atoms with Gasteiger partial charge in [-0.3, -0.25) is 4.79 Å². The number of carbonyl (C=O) groups is 1. The number of hydrogen-bond acceptors (Lipinski definition) is 2. The lowest BCUT2D eigenvalue weighted by atomic mass is 9.62. The van der Waals surface area contributed by atoms with E-state index in [-0.39, 0.29) is 11.4 Å². The fraction of sp³-hybridized carbons (Fsp3) is 0.462. The lowest BCUT2D eigenvalue weighted by Crippen LogP contribution is -2.36. The highest BCUT2D eigenvalue weighted by Gasteiger charge is 2.40. The smallest absolute Gasteiger partial charge is 0.306 e. The quantitative estimate of drug-likeness (QED) is 0.707. The Morgan fingerprint density at radius 2 is 2.00 bits per heavy atom. The van der Waals surface area contributed by atoms with Gasteiger partial charge in [-0.25, -0.2) is 0 Å². The van der Waals surface area contributed by atoms with Crippen LogP contribution in [0.4, 0.5) is 0 Å². The van der Waals surface area contributed by atoms with Gasteiger partial charge in [-0.2, -0.15) is 0 Å². The third-order valence-corrected chi connectivity index (χ3v) is 3.41. The Bertz CT molecular complexity index is 339. The first kappa shape index (κ1) is 10.2. The number of carbonyl (C=O) groups excluding carboxylic acids is 1.